The minimum absolute atomic E-state index is 0.254. The molecular formula is C13H17NO2. The van der Waals surface area contributed by atoms with E-state index in [1.54, 1.807) is 6.07 Å². The third-order valence-electron chi connectivity index (χ3n) is 2.89. The van der Waals surface area contributed by atoms with E-state index >= 15 is 0 Å². The second kappa shape index (κ2) is 4.16. The molecule has 1 aromatic carbocycles. The highest BCUT2D eigenvalue weighted by Crippen LogP contribution is 2.21. The van der Waals surface area contributed by atoms with Gasteiger partial charge >= 0.3 is 0 Å². The van der Waals surface area contributed by atoms with Gasteiger partial charge in [0.1, 0.15) is 12.4 Å². The lowest BCUT2D eigenvalue weighted by Gasteiger charge is -2.06. The van der Waals surface area contributed by atoms with Gasteiger partial charge in [-0.2, -0.15) is 0 Å². The van der Waals surface area contributed by atoms with E-state index < -0.39 is 0 Å². The molecule has 0 fully saturated rings. The highest BCUT2D eigenvalue weighted by Gasteiger charge is 2.22. The normalized spacial score (nSPS) is 19.8. The number of nitrogens with zero attached hydrogens (tertiary/aromatic N) is 1. The molecule has 1 aromatic rings. The van der Waals surface area contributed by atoms with Crippen molar-refractivity contribution in [2.24, 2.45) is 10.9 Å². The minimum Gasteiger partial charge on any atom is -0.508 e. The quantitative estimate of drug-likeness (QED) is 0.830. The van der Waals surface area contributed by atoms with Gasteiger partial charge in [-0.25, -0.2) is 4.99 Å². The second-order valence-electron chi connectivity index (χ2n) is 4.56. The summed E-state index contributed by atoms with van der Waals surface area (Å²) in [4.78, 5) is 4.54. The number of aromatic hydroxyl groups is 1. The third-order valence-corrected chi connectivity index (χ3v) is 2.89. The molecule has 86 valence electrons. The SMILES string of the molecule is Cc1cc(C2=N[C@H](C(C)C)CO2)ccc1O. The molecule has 3 nitrogen and oxygen atoms in total. The van der Waals surface area contributed by atoms with Crippen molar-refractivity contribution < 1.29 is 9.84 Å². The van der Waals surface area contributed by atoms with Crippen LogP contribution in [-0.4, -0.2) is 23.7 Å². The largest absolute Gasteiger partial charge is 0.508 e. The fourth-order valence-electron chi connectivity index (χ4n) is 1.68. The number of phenols is 1. The molecule has 0 aromatic heterocycles. The van der Waals surface area contributed by atoms with Crippen molar-refractivity contribution in [2.75, 3.05) is 6.61 Å². The highest BCUT2D eigenvalue weighted by atomic mass is 16.5. The van der Waals surface area contributed by atoms with Crippen LogP contribution in [0.4, 0.5) is 0 Å². The van der Waals surface area contributed by atoms with Crippen molar-refractivity contribution in [1.29, 1.82) is 0 Å². The van der Waals surface area contributed by atoms with Crippen LogP contribution in [0.1, 0.15) is 25.0 Å². The van der Waals surface area contributed by atoms with E-state index in [4.69, 9.17) is 4.74 Å². The Hall–Kier alpha value is -1.51. The lowest BCUT2D eigenvalue weighted by molar-refractivity contribution is 0.292. The summed E-state index contributed by atoms with van der Waals surface area (Å²) >= 11 is 0. The standard InChI is InChI=1S/C13H17NO2/c1-8(2)11-7-16-13(14-11)10-4-5-12(15)9(3)6-10/h4-6,8,11,15H,7H2,1-3H3/t11-/m0/s1. The maximum absolute atomic E-state index is 9.45. The van der Waals surface area contributed by atoms with Crippen LogP contribution in [0.25, 0.3) is 0 Å². The summed E-state index contributed by atoms with van der Waals surface area (Å²) in [6.45, 7) is 6.81. The molecule has 0 aliphatic carbocycles. The zero-order valence-electron chi connectivity index (χ0n) is 9.90. The van der Waals surface area contributed by atoms with Gasteiger partial charge in [-0.05, 0) is 36.6 Å². The molecule has 1 aliphatic heterocycles. The molecule has 0 saturated carbocycles. The predicted molar refractivity (Wildman–Crippen MR) is 64.0 cm³/mol. The Kier molecular flexibility index (Phi) is 2.86. The first kappa shape index (κ1) is 11.0. The summed E-state index contributed by atoms with van der Waals surface area (Å²) in [5.41, 5.74) is 1.79. The van der Waals surface area contributed by atoms with Gasteiger partial charge in [-0.1, -0.05) is 13.8 Å². The summed E-state index contributed by atoms with van der Waals surface area (Å²) in [5, 5.41) is 9.45. The van der Waals surface area contributed by atoms with Crippen LogP contribution >= 0.6 is 0 Å². The fraction of sp³-hybridized carbons (Fsp3) is 0.462. The zero-order valence-corrected chi connectivity index (χ0v) is 9.90. The average Bonchev–Trinajstić information content (AvgIpc) is 2.71. The Bertz CT molecular complexity index is 424. The van der Waals surface area contributed by atoms with E-state index in [2.05, 4.69) is 18.8 Å². The first-order valence-corrected chi connectivity index (χ1v) is 5.58. The molecule has 0 amide bonds. The smallest absolute Gasteiger partial charge is 0.216 e. The molecule has 1 heterocycles. The van der Waals surface area contributed by atoms with E-state index in [-0.39, 0.29) is 6.04 Å². The molecule has 0 spiro atoms. The van der Waals surface area contributed by atoms with E-state index in [1.165, 1.54) is 0 Å². The molecule has 1 aliphatic rings. The van der Waals surface area contributed by atoms with Crippen LogP contribution in [-0.2, 0) is 4.74 Å². The van der Waals surface area contributed by atoms with E-state index in [0.29, 0.717) is 24.2 Å². The Morgan fingerprint density at radius 2 is 2.19 bits per heavy atom. The first-order valence-electron chi connectivity index (χ1n) is 5.58. The molecule has 0 unspecified atom stereocenters. The number of rotatable bonds is 2. The maximum Gasteiger partial charge on any atom is 0.216 e. The van der Waals surface area contributed by atoms with Crippen molar-refractivity contribution in [3.63, 3.8) is 0 Å². The van der Waals surface area contributed by atoms with Crippen LogP contribution in [0, 0.1) is 12.8 Å². The number of phenolic OH excluding ortho intramolecular Hbond substituents is 1. The van der Waals surface area contributed by atoms with E-state index in [0.717, 1.165) is 11.1 Å². The van der Waals surface area contributed by atoms with Gasteiger partial charge < -0.3 is 9.84 Å². The van der Waals surface area contributed by atoms with Gasteiger partial charge in [-0.3, -0.25) is 0 Å². The Morgan fingerprint density at radius 1 is 1.44 bits per heavy atom. The number of aliphatic imine (C=N–C) groups is 1. The van der Waals surface area contributed by atoms with Crippen LogP contribution in [0.5, 0.6) is 5.75 Å². The summed E-state index contributed by atoms with van der Waals surface area (Å²) in [7, 11) is 0. The summed E-state index contributed by atoms with van der Waals surface area (Å²) in [5.74, 6) is 1.50. The summed E-state index contributed by atoms with van der Waals surface area (Å²) in [6.07, 6.45) is 0. The lowest BCUT2D eigenvalue weighted by atomic mass is 10.1. The first-order chi connectivity index (χ1) is 7.58. The molecule has 3 heteroatoms. The number of ether oxygens (including phenoxy) is 1. The van der Waals surface area contributed by atoms with Crippen molar-refractivity contribution in [1.82, 2.24) is 0 Å². The molecule has 16 heavy (non-hydrogen) atoms. The monoisotopic (exact) mass is 219 g/mol. The lowest BCUT2D eigenvalue weighted by Crippen LogP contribution is -2.13. The average molecular weight is 219 g/mol. The molecule has 1 atom stereocenters. The van der Waals surface area contributed by atoms with Crippen LogP contribution in [0.3, 0.4) is 0 Å². The van der Waals surface area contributed by atoms with Crippen molar-refractivity contribution in [3.8, 4) is 5.75 Å². The van der Waals surface area contributed by atoms with Crippen LogP contribution in [0.15, 0.2) is 23.2 Å². The number of hydrogen-bond donors (Lipinski definition) is 1. The summed E-state index contributed by atoms with van der Waals surface area (Å²) < 4.78 is 5.58. The molecular weight excluding hydrogens is 202 g/mol. The van der Waals surface area contributed by atoms with Crippen LogP contribution in [0.2, 0.25) is 0 Å². The highest BCUT2D eigenvalue weighted by molar-refractivity contribution is 5.95. The summed E-state index contributed by atoms with van der Waals surface area (Å²) in [6, 6.07) is 5.67. The Morgan fingerprint density at radius 3 is 2.75 bits per heavy atom. The molecule has 2 rings (SSSR count). The number of aryl methyl sites for hydroxylation is 1. The van der Waals surface area contributed by atoms with Gasteiger partial charge in [0.15, 0.2) is 0 Å². The minimum atomic E-state index is 0.254. The number of hydrogen-bond acceptors (Lipinski definition) is 3. The predicted octanol–water partition coefficient (Wildman–Crippen LogP) is 2.50. The molecule has 0 bridgehead atoms. The zero-order chi connectivity index (χ0) is 11.7. The third kappa shape index (κ3) is 2.03. The molecule has 1 N–H and O–H groups in total. The van der Waals surface area contributed by atoms with Crippen LogP contribution < -0.4 is 0 Å². The number of benzene rings is 1. The van der Waals surface area contributed by atoms with Gasteiger partial charge in [-0.15, -0.1) is 0 Å². The van der Waals surface area contributed by atoms with Gasteiger partial charge in [0, 0.05) is 5.56 Å². The van der Waals surface area contributed by atoms with Gasteiger partial charge in [0.25, 0.3) is 0 Å². The Labute approximate surface area is 95.8 Å². The second-order valence-corrected chi connectivity index (χ2v) is 4.56. The van der Waals surface area contributed by atoms with Crippen molar-refractivity contribution in [2.45, 2.75) is 26.8 Å². The molecule has 0 saturated heterocycles. The fourth-order valence-corrected chi connectivity index (χ4v) is 1.68. The van der Waals surface area contributed by atoms with Gasteiger partial charge in [0.05, 0.1) is 6.04 Å². The van der Waals surface area contributed by atoms with E-state index in [9.17, 15) is 5.11 Å². The Balaban J connectivity index is 2.25. The van der Waals surface area contributed by atoms with Gasteiger partial charge in [0.2, 0.25) is 5.90 Å². The van der Waals surface area contributed by atoms with Crippen molar-refractivity contribution in [3.05, 3.63) is 29.3 Å². The van der Waals surface area contributed by atoms with E-state index in [1.807, 2.05) is 19.1 Å². The van der Waals surface area contributed by atoms with Crippen molar-refractivity contribution >= 4 is 5.90 Å². The molecule has 0 radical (unpaired) electrons. The maximum atomic E-state index is 9.45. The topological polar surface area (TPSA) is 41.8 Å².